The maximum atomic E-state index is 14.9. The highest BCUT2D eigenvalue weighted by Crippen LogP contribution is 2.35. The summed E-state index contributed by atoms with van der Waals surface area (Å²) in [4.78, 5) is 0. The van der Waals surface area contributed by atoms with Gasteiger partial charge in [0, 0.05) is 5.22 Å². The molecule has 4 rings (SSSR count). The van der Waals surface area contributed by atoms with Gasteiger partial charge in [0.15, 0.2) is 11.6 Å². The van der Waals surface area contributed by atoms with Crippen LogP contribution in [0.1, 0.15) is 45.4 Å². The molecule has 1 fully saturated rings. The number of benzene rings is 1. The molecule has 176 valence electrons. The Morgan fingerprint density at radius 1 is 0.848 bits per heavy atom. The maximum Gasteiger partial charge on any atom is 0.573 e. The van der Waals surface area contributed by atoms with Gasteiger partial charge in [0.25, 0.3) is 0 Å². The Balaban J connectivity index is 1.60. The van der Waals surface area contributed by atoms with Crippen LogP contribution in [0.15, 0.2) is 59.7 Å². The molecule has 0 unspecified atom stereocenters. The molecule has 1 aromatic rings. The third kappa shape index (κ3) is 5.45. The Bertz CT molecular complexity index is 1150. The van der Waals surface area contributed by atoms with Crippen molar-refractivity contribution in [3.05, 3.63) is 81.7 Å². The molecule has 33 heavy (non-hydrogen) atoms. The zero-order valence-corrected chi connectivity index (χ0v) is 18.1. The van der Waals surface area contributed by atoms with E-state index in [1.807, 2.05) is 12.2 Å². The second kappa shape index (κ2) is 9.27. The second-order valence-electron chi connectivity index (χ2n) is 8.88. The lowest BCUT2D eigenvalue weighted by Gasteiger charge is -2.28. The molecule has 1 saturated carbocycles. The molecule has 0 aliphatic heterocycles. The van der Waals surface area contributed by atoms with Gasteiger partial charge in [0.05, 0.1) is 0 Å². The molecule has 0 N–H and O–H groups in total. The van der Waals surface area contributed by atoms with Gasteiger partial charge in [-0.05, 0) is 83.7 Å². The van der Waals surface area contributed by atoms with E-state index in [1.54, 1.807) is 0 Å². The molecule has 3 aliphatic rings. The van der Waals surface area contributed by atoms with Gasteiger partial charge >= 0.3 is 6.36 Å². The summed E-state index contributed by atoms with van der Waals surface area (Å²) in [5.74, 6) is -2.86. The Morgan fingerprint density at radius 3 is 2.03 bits per heavy atom. The van der Waals surface area contributed by atoms with E-state index in [-0.39, 0.29) is 12.0 Å². The Morgan fingerprint density at radius 2 is 1.48 bits per heavy atom. The molecule has 7 heteroatoms. The van der Waals surface area contributed by atoms with E-state index in [0.717, 1.165) is 30.4 Å². The highest BCUT2D eigenvalue weighted by Gasteiger charge is 2.34. The first-order chi connectivity index (χ1) is 15.6. The molecule has 0 amide bonds. The molecule has 0 atom stereocenters. The smallest absolute Gasteiger partial charge is 0.403 e. The zero-order chi connectivity index (χ0) is 23.8. The summed E-state index contributed by atoms with van der Waals surface area (Å²) in [5.41, 5.74) is 1.94. The normalized spacial score (nSPS) is 23.8. The molecular weight excluding hydrogens is 442 g/mol. The summed E-state index contributed by atoms with van der Waals surface area (Å²) in [7, 11) is 0. The fraction of sp³-hybridized carbons (Fsp3) is 0.385. The molecule has 1 nitrogen and oxygen atoms in total. The number of ether oxygens (including phenoxy) is 1. The van der Waals surface area contributed by atoms with Crippen LogP contribution in [-0.2, 0) is 4.74 Å². The summed E-state index contributed by atoms with van der Waals surface area (Å²) in [6, 6.07) is 2.37. The van der Waals surface area contributed by atoms with Crippen molar-refractivity contribution in [3.8, 4) is 0 Å². The maximum absolute atomic E-state index is 14.9. The highest BCUT2D eigenvalue weighted by molar-refractivity contribution is 5.65. The molecular formula is C26H24F6O. The number of hydrogen-bond acceptors (Lipinski definition) is 1. The molecule has 1 aromatic carbocycles. The molecule has 0 spiro atoms. The van der Waals surface area contributed by atoms with E-state index in [4.69, 9.17) is 0 Å². The second-order valence-corrected chi connectivity index (χ2v) is 8.88. The van der Waals surface area contributed by atoms with Crippen molar-refractivity contribution in [2.45, 2.75) is 51.8 Å². The molecule has 0 saturated heterocycles. The standard InChI is InChI=1S/C26H24F6O/c1-15-2-4-16(5-3-15)17-6-8-18(9-7-17)20-13-22(28)25(23(29)14-20)19-10-11-24(21(27)12-19)33-26(30,31)32/h6-8,11-16H,2-5,9-10H2,1H3. The van der Waals surface area contributed by atoms with Crippen LogP contribution in [-0.4, -0.2) is 6.36 Å². The SMILES string of the molecule is CC1CCC(C2=CCC(=c3cc(F)c(=C4C=C(F)C(OC(F)(F)F)=CC4)c(F)c3)C=C2)CC1. The third-order valence-electron chi connectivity index (χ3n) is 6.53. The van der Waals surface area contributed by atoms with Crippen molar-refractivity contribution in [2.24, 2.45) is 11.8 Å². The lowest BCUT2D eigenvalue weighted by atomic mass is 9.77. The predicted octanol–water partition coefficient (Wildman–Crippen LogP) is 6.66. The summed E-state index contributed by atoms with van der Waals surface area (Å²) in [6.45, 7) is 2.27. The number of rotatable bonds is 2. The van der Waals surface area contributed by atoms with Crippen LogP contribution in [0.5, 0.6) is 0 Å². The van der Waals surface area contributed by atoms with Crippen LogP contribution >= 0.6 is 0 Å². The van der Waals surface area contributed by atoms with Gasteiger partial charge in [-0.2, -0.15) is 0 Å². The minimum absolute atomic E-state index is 0.0959. The highest BCUT2D eigenvalue weighted by atomic mass is 19.4. The van der Waals surface area contributed by atoms with Gasteiger partial charge in [0.1, 0.15) is 11.6 Å². The van der Waals surface area contributed by atoms with Gasteiger partial charge in [-0.3, -0.25) is 0 Å². The fourth-order valence-electron chi connectivity index (χ4n) is 4.71. The molecule has 3 aliphatic carbocycles. The van der Waals surface area contributed by atoms with E-state index in [0.29, 0.717) is 23.6 Å². The monoisotopic (exact) mass is 466 g/mol. The van der Waals surface area contributed by atoms with Gasteiger partial charge in [0.2, 0.25) is 0 Å². The van der Waals surface area contributed by atoms with Crippen LogP contribution in [0.2, 0.25) is 0 Å². The van der Waals surface area contributed by atoms with Crippen molar-refractivity contribution in [1.29, 1.82) is 0 Å². The van der Waals surface area contributed by atoms with Gasteiger partial charge < -0.3 is 4.74 Å². The van der Waals surface area contributed by atoms with E-state index >= 15 is 0 Å². The minimum atomic E-state index is -5.05. The lowest BCUT2D eigenvalue weighted by Crippen LogP contribution is -2.23. The topological polar surface area (TPSA) is 9.23 Å². The molecule has 0 heterocycles. The Kier molecular flexibility index (Phi) is 6.59. The van der Waals surface area contributed by atoms with Gasteiger partial charge in [-0.1, -0.05) is 38.0 Å². The number of allylic oxidation sites excluding steroid dienone is 7. The molecule has 0 radical (unpaired) electrons. The Labute approximate surface area is 188 Å². The van der Waals surface area contributed by atoms with Crippen molar-refractivity contribution >= 4 is 11.1 Å². The van der Waals surface area contributed by atoms with E-state index in [1.165, 1.54) is 30.5 Å². The lowest BCUT2D eigenvalue weighted by molar-refractivity contribution is -0.304. The number of hydrogen-bond donors (Lipinski definition) is 0. The van der Waals surface area contributed by atoms with Crippen LogP contribution < -0.4 is 10.4 Å². The summed E-state index contributed by atoms with van der Waals surface area (Å²) in [5, 5.41) is -0.0702. The van der Waals surface area contributed by atoms with Crippen molar-refractivity contribution < 1.29 is 31.1 Å². The average Bonchev–Trinajstić information content (AvgIpc) is 2.75. The quantitative estimate of drug-likeness (QED) is 0.443. The third-order valence-corrected chi connectivity index (χ3v) is 6.53. The van der Waals surface area contributed by atoms with Crippen LogP contribution in [0.25, 0.3) is 11.1 Å². The Hall–Kier alpha value is -2.70. The van der Waals surface area contributed by atoms with Crippen LogP contribution in [0.4, 0.5) is 26.3 Å². The average molecular weight is 466 g/mol. The van der Waals surface area contributed by atoms with Gasteiger partial charge in [-0.25, -0.2) is 13.2 Å². The summed E-state index contributed by atoms with van der Waals surface area (Å²) >= 11 is 0. The van der Waals surface area contributed by atoms with Gasteiger partial charge in [-0.15, -0.1) is 13.2 Å². The first-order valence-corrected chi connectivity index (χ1v) is 11.0. The van der Waals surface area contributed by atoms with E-state index in [9.17, 15) is 26.3 Å². The first-order valence-electron chi connectivity index (χ1n) is 11.0. The molecule has 0 bridgehead atoms. The van der Waals surface area contributed by atoms with Crippen LogP contribution in [0, 0.1) is 23.5 Å². The van der Waals surface area contributed by atoms with Crippen molar-refractivity contribution in [1.82, 2.24) is 0 Å². The van der Waals surface area contributed by atoms with Crippen molar-refractivity contribution in [2.75, 3.05) is 0 Å². The fourth-order valence-corrected chi connectivity index (χ4v) is 4.71. The number of alkyl halides is 3. The van der Waals surface area contributed by atoms with Crippen LogP contribution in [0.3, 0.4) is 0 Å². The molecule has 0 aromatic heterocycles. The minimum Gasteiger partial charge on any atom is -0.403 e. The first kappa shape index (κ1) is 23.5. The van der Waals surface area contributed by atoms with E-state index < -0.39 is 34.8 Å². The summed E-state index contributed by atoms with van der Waals surface area (Å²) in [6.07, 6.45) is 7.43. The predicted molar refractivity (Wildman–Crippen MR) is 114 cm³/mol. The van der Waals surface area contributed by atoms with E-state index in [2.05, 4.69) is 17.7 Å². The van der Waals surface area contributed by atoms with Crippen molar-refractivity contribution in [3.63, 3.8) is 0 Å². The number of halogens is 6. The largest absolute Gasteiger partial charge is 0.573 e. The zero-order valence-electron chi connectivity index (χ0n) is 18.1. The summed E-state index contributed by atoms with van der Waals surface area (Å²) < 4.78 is 84.3.